The van der Waals surface area contributed by atoms with Crippen LogP contribution in [0.3, 0.4) is 0 Å². The highest BCUT2D eigenvalue weighted by Crippen LogP contribution is 2.24. The van der Waals surface area contributed by atoms with Gasteiger partial charge in [0.15, 0.2) is 0 Å². The van der Waals surface area contributed by atoms with Crippen molar-refractivity contribution >= 4 is 11.8 Å². The largest absolute Gasteiger partial charge is 0.480 e. The number of methoxy groups -OCH3 is 1. The molecule has 2 aliphatic rings. The molecule has 0 spiro atoms. The molecule has 3 rings (SSSR count). The highest BCUT2D eigenvalue weighted by molar-refractivity contribution is 5.89. The third-order valence-corrected chi connectivity index (χ3v) is 4.82. The van der Waals surface area contributed by atoms with Crippen LogP contribution in [-0.4, -0.2) is 59.5 Å². The van der Waals surface area contributed by atoms with Crippen molar-refractivity contribution in [2.45, 2.75) is 44.2 Å². The van der Waals surface area contributed by atoms with Crippen LogP contribution in [0.5, 0.6) is 11.8 Å². The Bertz CT molecular complexity index is 631. The van der Waals surface area contributed by atoms with Gasteiger partial charge in [-0.3, -0.25) is 14.6 Å². The lowest BCUT2D eigenvalue weighted by atomic mass is 9.92. The minimum atomic E-state index is -0.224. The molecule has 8 nitrogen and oxygen atoms in total. The number of amides is 2. The van der Waals surface area contributed by atoms with Gasteiger partial charge in [-0.2, -0.15) is 4.98 Å². The fraction of sp³-hybridized carbons (Fsp3) is 0.647. The van der Waals surface area contributed by atoms with Crippen molar-refractivity contribution in [3.8, 4) is 11.8 Å². The number of nitrogens with one attached hydrogen (secondary N) is 1. The summed E-state index contributed by atoms with van der Waals surface area (Å²) in [5.41, 5.74) is 0. The fourth-order valence-corrected chi connectivity index (χ4v) is 3.34. The Balaban J connectivity index is 1.44. The SMILES string of the molecule is COc1cncc(OC2CCC(NC(=O)C3CC(=O)N(C)C3)CC2)n1. The van der Waals surface area contributed by atoms with E-state index in [4.69, 9.17) is 9.47 Å². The Hall–Kier alpha value is -2.38. The first-order valence-corrected chi connectivity index (χ1v) is 8.62. The number of hydrogen-bond acceptors (Lipinski definition) is 6. The molecule has 136 valence electrons. The summed E-state index contributed by atoms with van der Waals surface area (Å²) >= 11 is 0. The third-order valence-electron chi connectivity index (χ3n) is 4.82. The van der Waals surface area contributed by atoms with Gasteiger partial charge < -0.3 is 19.7 Å². The van der Waals surface area contributed by atoms with E-state index < -0.39 is 0 Å². The van der Waals surface area contributed by atoms with Crippen LogP contribution in [-0.2, 0) is 9.59 Å². The summed E-state index contributed by atoms with van der Waals surface area (Å²) in [5.74, 6) is 0.685. The van der Waals surface area contributed by atoms with Gasteiger partial charge in [0.25, 0.3) is 0 Å². The topological polar surface area (TPSA) is 93.7 Å². The minimum absolute atomic E-state index is 0.0132. The van der Waals surface area contributed by atoms with Crippen LogP contribution in [0.4, 0.5) is 0 Å². The van der Waals surface area contributed by atoms with Crippen LogP contribution in [0, 0.1) is 5.92 Å². The second-order valence-corrected chi connectivity index (χ2v) is 6.68. The van der Waals surface area contributed by atoms with E-state index in [0.717, 1.165) is 25.7 Å². The summed E-state index contributed by atoms with van der Waals surface area (Å²) in [6.07, 6.45) is 6.87. The molecular formula is C17H24N4O4. The van der Waals surface area contributed by atoms with E-state index in [-0.39, 0.29) is 29.9 Å². The van der Waals surface area contributed by atoms with Crippen molar-refractivity contribution in [2.24, 2.45) is 5.92 Å². The average Bonchev–Trinajstić information content (AvgIpc) is 2.96. The maximum atomic E-state index is 12.3. The number of hydrogen-bond donors (Lipinski definition) is 1. The molecule has 2 fully saturated rings. The Morgan fingerprint density at radius 2 is 1.96 bits per heavy atom. The van der Waals surface area contributed by atoms with Crippen LogP contribution < -0.4 is 14.8 Å². The van der Waals surface area contributed by atoms with E-state index in [1.807, 2.05) is 0 Å². The summed E-state index contributed by atoms with van der Waals surface area (Å²) in [6, 6.07) is 0.143. The van der Waals surface area contributed by atoms with Crippen LogP contribution >= 0.6 is 0 Å². The molecule has 1 saturated heterocycles. The van der Waals surface area contributed by atoms with Gasteiger partial charge in [0.1, 0.15) is 6.10 Å². The van der Waals surface area contributed by atoms with Gasteiger partial charge in [0.05, 0.1) is 25.4 Å². The van der Waals surface area contributed by atoms with Crippen molar-refractivity contribution in [3.05, 3.63) is 12.4 Å². The number of nitrogens with zero attached hydrogens (tertiary/aromatic N) is 3. The molecular weight excluding hydrogens is 324 g/mol. The van der Waals surface area contributed by atoms with Crippen LogP contribution in [0.25, 0.3) is 0 Å². The summed E-state index contributed by atoms with van der Waals surface area (Å²) in [4.78, 5) is 33.7. The molecule has 2 heterocycles. The second kappa shape index (κ2) is 7.67. The molecule has 25 heavy (non-hydrogen) atoms. The Morgan fingerprint density at radius 1 is 1.24 bits per heavy atom. The van der Waals surface area contributed by atoms with E-state index in [2.05, 4.69) is 15.3 Å². The van der Waals surface area contributed by atoms with E-state index in [0.29, 0.717) is 24.7 Å². The maximum Gasteiger partial charge on any atom is 0.235 e. The van der Waals surface area contributed by atoms with Gasteiger partial charge in [-0.05, 0) is 25.7 Å². The molecule has 2 amide bonds. The van der Waals surface area contributed by atoms with Crippen molar-refractivity contribution in [3.63, 3.8) is 0 Å². The summed E-state index contributed by atoms with van der Waals surface area (Å²) in [6.45, 7) is 0.512. The van der Waals surface area contributed by atoms with E-state index >= 15 is 0 Å². The lowest BCUT2D eigenvalue weighted by Gasteiger charge is -2.29. The molecule has 1 aromatic rings. The minimum Gasteiger partial charge on any atom is -0.480 e. The number of likely N-dealkylation sites (tertiary alicyclic amines) is 1. The first kappa shape index (κ1) is 17.4. The van der Waals surface area contributed by atoms with E-state index in [1.165, 1.54) is 13.3 Å². The number of rotatable bonds is 5. The lowest BCUT2D eigenvalue weighted by Crippen LogP contribution is -2.42. The van der Waals surface area contributed by atoms with Gasteiger partial charge in [0.2, 0.25) is 23.6 Å². The van der Waals surface area contributed by atoms with Gasteiger partial charge in [0, 0.05) is 26.1 Å². The third kappa shape index (κ3) is 4.37. The molecule has 8 heteroatoms. The molecule has 0 aromatic carbocycles. The summed E-state index contributed by atoms with van der Waals surface area (Å²) in [7, 11) is 3.27. The van der Waals surface area contributed by atoms with E-state index in [1.54, 1.807) is 18.1 Å². The van der Waals surface area contributed by atoms with Crippen LogP contribution in [0.15, 0.2) is 12.4 Å². The normalized spacial score (nSPS) is 26.4. The molecule has 1 aromatic heterocycles. The molecule has 1 aliphatic heterocycles. The van der Waals surface area contributed by atoms with Crippen LogP contribution in [0.2, 0.25) is 0 Å². The fourth-order valence-electron chi connectivity index (χ4n) is 3.34. The number of ether oxygens (including phenoxy) is 2. The monoisotopic (exact) mass is 348 g/mol. The molecule has 0 radical (unpaired) electrons. The Morgan fingerprint density at radius 3 is 2.60 bits per heavy atom. The number of carbonyl (C=O) groups excluding carboxylic acids is 2. The molecule has 1 saturated carbocycles. The van der Waals surface area contributed by atoms with Crippen molar-refractivity contribution in [1.29, 1.82) is 0 Å². The summed E-state index contributed by atoms with van der Waals surface area (Å²) in [5, 5.41) is 3.08. The molecule has 1 aliphatic carbocycles. The van der Waals surface area contributed by atoms with Gasteiger partial charge in [-0.1, -0.05) is 0 Å². The number of carbonyl (C=O) groups is 2. The first-order chi connectivity index (χ1) is 12.0. The van der Waals surface area contributed by atoms with Crippen LogP contribution in [0.1, 0.15) is 32.1 Å². The molecule has 1 unspecified atom stereocenters. The van der Waals surface area contributed by atoms with Crippen molar-refractivity contribution in [1.82, 2.24) is 20.2 Å². The lowest BCUT2D eigenvalue weighted by molar-refractivity contribution is -0.128. The molecule has 1 N–H and O–H groups in total. The smallest absolute Gasteiger partial charge is 0.235 e. The van der Waals surface area contributed by atoms with Gasteiger partial charge in [-0.15, -0.1) is 0 Å². The average molecular weight is 348 g/mol. The standard InChI is InChI=1S/C17H24N4O4/c1-21-10-11(7-16(21)22)17(23)19-12-3-5-13(6-4-12)25-15-9-18-8-14(20-15)24-2/h8-9,11-13H,3-7,10H2,1-2H3,(H,19,23). The van der Waals surface area contributed by atoms with Crippen molar-refractivity contribution < 1.29 is 19.1 Å². The van der Waals surface area contributed by atoms with E-state index in [9.17, 15) is 9.59 Å². The first-order valence-electron chi connectivity index (χ1n) is 8.62. The Kier molecular flexibility index (Phi) is 5.35. The highest BCUT2D eigenvalue weighted by Gasteiger charge is 2.33. The zero-order valence-corrected chi connectivity index (χ0v) is 14.6. The maximum absolute atomic E-state index is 12.3. The zero-order chi connectivity index (χ0) is 17.8. The summed E-state index contributed by atoms with van der Waals surface area (Å²) < 4.78 is 10.9. The van der Waals surface area contributed by atoms with Gasteiger partial charge in [-0.25, -0.2) is 0 Å². The quantitative estimate of drug-likeness (QED) is 0.845. The van der Waals surface area contributed by atoms with Gasteiger partial charge >= 0.3 is 0 Å². The molecule has 0 bridgehead atoms. The highest BCUT2D eigenvalue weighted by atomic mass is 16.5. The number of aromatic nitrogens is 2. The second-order valence-electron chi connectivity index (χ2n) is 6.68. The van der Waals surface area contributed by atoms with Crippen molar-refractivity contribution in [2.75, 3.05) is 20.7 Å². The molecule has 1 atom stereocenters. The predicted molar refractivity (Wildman–Crippen MR) is 89.1 cm³/mol. The Labute approximate surface area is 146 Å². The zero-order valence-electron chi connectivity index (χ0n) is 14.6. The predicted octanol–water partition coefficient (Wildman–Crippen LogP) is 0.770.